The van der Waals surface area contributed by atoms with Crippen LogP contribution in [0.5, 0.6) is 0 Å². The zero-order valence-corrected chi connectivity index (χ0v) is 18.2. The van der Waals surface area contributed by atoms with Gasteiger partial charge >= 0.3 is 0 Å². The molecule has 29 heavy (non-hydrogen) atoms. The summed E-state index contributed by atoms with van der Waals surface area (Å²) in [7, 11) is 0. The third-order valence-electron chi connectivity index (χ3n) is 9.65. The molecular formula is C25H36N2O2. The Hall–Kier alpha value is -1.42. The minimum atomic E-state index is -0.179. The molecule has 0 bridgehead atoms. The molecule has 4 heteroatoms. The third kappa shape index (κ3) is 2.81. The lowest BCUT2D eigenvalue weighted by Crippen LogP contribution is -2.54. The van der Waals surface area contributed by atoms with Crippen molar-refractivity contribution < 1.29 is 9.90 Å². The number of Topliss-reactive ketones (excluding diaryl/α,β-unsaturated/α-hetero) is 1. The lowest BCUT2D eigenvalue weighted by molar-refractivity contribution is -0.141. The monoisotopic (exact) mass is 396 g/mol. The zero-order valence-electron chi connectivity index (χ0n) is 18.2. The van der Waals surface area contributed by atoms with Gasteiger partial charge in [0.25, 0.3) is 0 Å². The second-order valence-electron chi connectivity index (χ2n) is 10.8. The van der Waals surface area contributed by atoms with Crippen LogP contribution in [0.15, 0.2) is 17.8 Å². The van der Waals surface area contributed by atoms with Gasteiger partial charge in [0.15, 0.2) is 5.78 Å². The molecule has 0 aliphatic heterocycles. The lowest BCUT2D eigenvalue weighted by atomic mass is 9.45. The standard InChI is InChI=1S/C25H36N2O2/c1-4-27-18(9-12-26-27)13-16-14-22-20-6-5-17-15-19(28)7-10-24(17,2)21(20)8-11-25(22,3)23(16)29/h9,12-13,17,19-22,28H,4-8,10-11,14-15H2,1-3H3/b16-13-/t17-,19-,20-,21+,22+,24-,25-/m0/s1. The maximum Gasteiger partial charge on any atom is 0.165 e. The van der Waals surface area contributed by atoms with Crippen LogP contribution >= 0.6 is 0 Å². The number of aliphatic hydroxyl groups excluding tert-OH is 1. The first-order chi connectivity index (χ1) is 13.9. The molecule has 1 N–H and O–H groups in total. The minimum absolute atomic E-state index is 0.0931. The molecule has 0 amide bonds. The number of hydrogen-bond acceptors (Lipinski definition) is 3. The fraction of sp³-hybridized carbons (Fsp3) is 0.760. The predicted molar refractivity (Wildman–Crippen MR) is 114 cm³/mol. The first-order valence-corrected chi connectivity index (χ1v) is 11.8. The summed E-state index contributed by atoms with van der Waals surface area (Å²) in [6.07, 6.45) is 12.6. The Morgan fingerprint density at radius 1 is 1.21 bits per heavy atom. The van der Waals surface area contributed by atoms with Crippen LogP contribution in [0, 0.1) is 34.5 Å². The maximum absolute atomic E-state index is 13.5. The van der Waals surface area contributed by atoms with Crippen LogP contribution in [-0.2, 0) is 11.3 Å². The lowest BCUT2D eigenvalue weighted by Gasteiger charge is -2.59. The summed E-state index contributed by atoms with van der Waals surface area (Å²) in [6, 6.07) is 2.02. The van der Waals surface area contributed by atoms with Gasteiger partial charge in [-0.2, -0.15) is 5.10 Å². The van der Waals surface area contributed by atoms with Crippen LogP contribution in [0.4, 0.5) is 0 Å². The predicted octanol–water partition coefficient (Wildman–Crippen LogP) is 4.87. The molecule has 1 aromatic rings. The SMILES string of the molecule is CCn1nccc1/C=C1/C[C@@H]2[C@H]3CC[C@H]4C[C@@H](O)CC[C@]4(C)[C@@H]3CC[C@]2(C)C1=O. The molecule has 4 nitrogen and oxygen atoms in total. The molecule has 5 rings (SSSR count). The highest BCUT2D eigenvalue weighted by Gasteiger charge is 2.61. The number of carbonyl (C=O) groups excluding carboxylic acids is 1. The normalized spacial score (nSPS) is 45.7. The van der Waals surface area contributed by atoms with Crippen molar-refractivity contribution in [2.75, 3.05) is 0 Å². The summed E-state index contributed by atoms with van der Waals surface area (Å²) in [5, 5.41) is 14.6. The van der Waals surface area contributed by atoms with Gasteiger partial charge in [-0.15, -0.1) is 0 Å². The molecule has 4 aliphatic rings. The van der Waals surface area contributed by atoms with Crippen molar-refractivity contribution in [1.29, 1.82) is 0 Å². The van der Waals surface area contributed by atoms with Gasteiger partial charge in [0, 0.05) is 18.2 Å². The van der Waals surface area contributed by atoms with Gasteiger partial charge in [-0.05, 0) is 105 Å². The van der Waals surface area contributed by atoms with E-state index in [0.29, 0.717) is 29.0 Å². The fourth-order valence-electron chi connectivity index (χ4n) is 7.94. The molecule has 0 spiro atoms. The van der Waals surface area contributed by atoms with E-state index in [4.69, 9.17) is 0 Å². The Morgan fingerprint density at radius 3 is 2.83 bits per heavy atom. The van der Waals surface area contributed by atoms with E-state index < -0.39 is 0 Å². The Kier molecular flexibility index (Phi) is 4.58. The summed E-state index contributed by atoms with van der Waals surface area (Å²) in [4.78, 5) is 13.5. The number of nitrogens with zero attached hydrogens (tertiary/aromatic N) is 2. The van der Waals surface area contributed by atoms with Gasteiger partial charge in [0.2, 0.25) is 0 Å². The molecule has 0 unspecified atom stereocenters. The average molecular weight is 397 g/mol. The van der Waals surface area contributed by atoms with Crippen molar-refractivity contribution in [2.45, 2.75) is 84.8 Å². The number of aryl methyl sites for hydroxylation is 1. The van der Waals surface area contributed by atoms with E-state index in [9.17, 15) is 9.90 Å². The highest BCUT2D eigenvalue weighted by molar-refractivity contribution is 6.05. The topological polar surface area (TPSA) is 55.1 Å². The van der Waals surface area contributed by atoms with E-state index in [2.05, 4.69) is 31.9 Å². The number of fused-ring (bicyclic) bond motifs is 5. The number of allylic oxidation sites excluding steroid dienone is 1. The van der Waals surface area contributed by atoms with Crippen LogP contribution in [0.2, 0.25) is 0 Å². The second-order valence-corrected chi connectivity index (χ2v) is 10.8. The Bertz CT molecular complexity index is 842. The first-order valence-electron chi connectivity index (χ1n) is 11.8. The quantitative estimate of drug-likeness (QED) is 0.726. The summed E-state index contributed by atoms with van der Waals surface area (Å²) >= 11 is 0. The number of aliphatic hydroxyl groups is 1. The van der Waals surface area contributed by atoms with E-state index in [-0.39, 0.29) is 11.5 Å². The molecule has 158 valence electrons. The molecular weight excluding hydrogens is 360 g/mol. The summed E-state index contributed by atoms with van der Waals surface area (Å²) in [5.74, 6) is 2.94. The summed E-state index contributed by atoms with van der Waals surface area (Å²) in [5.41, 5.74) is 2.27. The Morgan fingerprint density at radius 2 is 2.03 bits per heavy atom. The molecule has 0 aromatic carbocycles. The third-order valence-corrected chi connectivity index (χ3v) is 9.65. The number of ketones is 1. The first kappa shape index (κ1) is 19.5. The number of carbonyl (C=O) groups is 1. The van der Waals surface area contributed by atoms with Crippen molar-refractivity contribution in [3.8, 4) is 0 Å². The van der Waals surface area contributed by atoms with Crippen molar-refractivity contribution >= 4 is 11.9 Å². The molecule has 7 atom stereocenters. The number of rotatable bonds is 2. The second kappa shape index (κ2) is 6.80. The fourth-order valence-corrected chi connectivity index (χ4v) is 7.94. The van der Waals surface area contributed by atoms with Gasteiger partial charge < -0.3 is 5.11 Å². The maximum atomic E-state index is 13.5. The van der Waals surface area contributed by atoms with Crippen molar-refractivity contribution in [1.82, 2.24) is 9.78 Å². The number of hydrogen-bond donors (Lipinski definition) is 1. The molecule has 4 fully saturated rings. The van der Waals surface area contributed by atoms with Gasteiger partial charge in [-0.3, -0.25) is 9.48 Å². The highest BCUT2D eigenvalue weighted by Crippen LogP contribution is 2.66. The average Bonchev–Trinajstić information content (AvgIpc) is 3.25. The largest absolute Gasteiger partial charge is 0.393 e. The zero-order chi connectivity index (χ0) is 20.4. The van der Waals surface area contributed by atoms with E-state index in [1.54, 1.807) is 0 Å². The van der Waals surface area contributed by atoms with Crippen LogP contribution < -0.4 is 0 Å². The van der Waals surface area contributed by atoms with Crippen LogP contribution in [0.25, 0.3) is 6.08 Å². The van der Waals surface area contributed by atoms with Crippen molar-refractivity contribution in [2.24, 2.45) is 34.5 Å². The summed E-state index contributed by atoms with van der Waals surface area (Å²) < 4.78 is 1.98. The van der Waals surface area contributed by atoms with E-state index >= 15 is 0 Å². The van der Waals surface area contributed by atoms with Crippen LogP contribution in [-0.4, -0.2) is 26.8 Å². The van der Waals surface area contributed by atoms with Crippen molar-refractivity contribution in [3.05, 3.63) is 23.5 Å². The Balaban J connectivity index is 1.45. The van der Waals surface area contributed by atoms with Gasteiger partial charge in [0.05, 0.1) is 11.8 Å². The van der Waals surface area contributed by atoms with E-state index in [1.807, 2.05) is 16.9 Å². The summed E-state index contributed by atoms with van der Waals surface area (Å²) in [6.45, 7) is 7.69. The minimum Gasteiger partial charge on any atom is -0.393 e. The van der Waals surface area contributed by atoms with Crippen molar-refractivity contribution in [3.63, 3.8) is 0 Å². The smallest absolute Gasteiger partial charge is 0.165 e. The Labute approximate surface area is 174 Å². The molecule has 1 aromatic heterocycles. The van der Waals surface area contributed by atoms with Gasteiger partial charge in [-0.25, -0.2) is 0 Å². The molecule has 0 radical (unpaired) electrons. The molecule has 4 aliphatic carbocycles. The molecule has 1 heterocycles. The van der Waals surface area contributed by atoms with E-state index in [0.717, 1.165) is 55.8 Å². The molecule has 0 saturated heterocycles. The van der Waals surface area contributed by atoms with Crippen LogP contribution in [0.3, 0.4) is 0 Å². The van der Waals surface area contributed by atoms with Gasteiger partial charge in [0.1, 0.15) is 0 Å². The number of aromatic nitrogens is 2. The molecule has 4 saturated carbocycles. The highest BCUT2D eigenvalue weighted by atomic mass is 16.3. The van der Waals surface area contributed by atoms with E-state index in [1.165, 1.54) is 19.3 Å². The van der Waals surface area contributed by atoms with Gasteiger partial charge in [-0.1, -0.05) is 13.8 Å². The van der Waals surface area contributed by atoms with Crippen LogP contribution in [0.1, 0.15) is 77.8 Å².